The molecule has 1 aromatic carbocycles. The van der Waals surface area contributed by atoms with Crippen LogP contribution >= 0.6 is 0 Å². The smallest absolute Gasteiger partial charge is 0.275 e. The molecule has 0 radical (unpaired) electrons. The van der Waals surface area contributed by atoms with Gasteiger partial charge in [-0.05, 0) is 19.9 Å². The molecule has 0 fully saturated rings. The van der Waals surface area contributed by atoms with Crippen molar-refractivity contribution in [1.82, 2.24) is 29.9 Å². The minimum Gasteiger partial charge on any atom is -0.354 e. The predicted octanol–water partition coefficient (Wildman–Crippen LogP) is 0.594. The summed E-state index contributed by atoms with van der Waals surface area (Å²) >= 11 is 0. The van der Waals surface area contributed by atoms with E-state index in [0.717, 1.165) is 35.7 Å². The first-order valence-corrected chi connectivity index (χ1v) is 8.65. The molecular weight excluding hydrogens is 332 g/mol. The summed E-state index contributed by atoms with van der Waals surface area (Å²) in [5.41, 5.74) is 0.487. The van der Waals surface area contributed by atoms with Crippen LogP contribution in [0.2, 0.25) is 0 Å². The van der Waals surface area contributed by atoms with E-state index in [1.165, 1.54) is 4.68 Å². The Labute approximate surface area is 149 Å². The Kier molecular flexibility index (Phi) is 4.02. The van der Waals surface area contributed by atoms with Crippen LogP contribution in [0, 0.1) is 19.8 Å². The van der Waals surface area contributed by atoms with Crippen LogP contribution in [0.1, 0.15) is 17.3 Å². The van der Waals surface area contributed by atoms with Crippen molar-refractivity contribution >= 4 is 16.7 Å². The van der Waals surface area contributed by atoms with Crippen molar-refractivity contribution in [3.8, 4) is 0 Å². The molecule has 0 bridgehead atoms. The van der Waals surface area contributed by atoms with E-state index in [1.807, 2.05) is 32.0 Å². The normalized spacial score (nSPS) is 16.0. The molecule has 0 saturated heterocycles. The van der Waals surface area contributed by atoms with Crippen LogP contribution in [0.4, 0.5) is 0 Å². The quantitative estimate of drug-likeness (QED) is 0.742. The highest BCUT2D eigenvalue weighted by molar-refractivity contribution is 5.83. The molecule has 1 aliphatic heterocycles. The molecule has 134 valence electrons. The summed E-state index contributed by atoms with van der Waals surface area (Å²) in [6.45, 7) is 5.04. The summed E-state index contributed by atoms with van der Waals surface area (Å²) in [4.78, 5) is 24.8. The van der Waals surface area contributed by atoms with Gasteiger partial charge in [0.05, 0.1) is 11.1 Å². The van der Waals surface area contributed by atoms with E-state index in [2.05, 4.69) is 25.2 Å². The fourth-order valence-corrected chi connectivity index (χ4v) is 3.49. The van der Waals surface area contributed by atoms with Gasteiger partial charge in [0.2, 0.25) is 5.91 Å². The maximum Gasteiger partial charge on any atom is 0.275 e. The monoisotopic (exact) mass is 352 g/mol. The van der Waals surface area contributed by atoms with Gasteiger partial charge in [-0.2, -0.15) is 5.10 Å². The zero-order chi connectivity index (χ0) is 18.3. The maximum absolute atomic E-state index is 12.5. The van der Waals surface area contributed by atoms with Gasteiger partial charge in [-0.3, -0.25) is 9.59 Å². The molecule has 3 heterocycles. The molecule has 0 aliphatic carbocycles. The summed E-state index contributed by atoms with van der Waals surface area (Å²) in [6.07, 6.45) is 0.800. The zero-order valence-electron chi connectivity index (χ0n) is 14.8. The fourth-order valence-electron chi connectivity index (χ4n) is 3.49. The maximum atomic E-state index is 12.5. The van der Waals surface area contributed by atoms with Crippen LogP contribution in [-0.4, -0.2) is 37.0 Å². The van der Waals surface area contributed by atoms with E-state index in [9.17, 15) is 9.59 Å². The number of carbonyl (C=O) groups excluding carboxylic acids is 1. The van der Waals surface area contributed by atoms with E-state index in [4.69, 9.17) is 0 Å². The van der Waals surface area contributed by atoms with Crippen LogP contribution in [0.5, 0.6) is 0 Å². The molecule has 1 N–H and O–H groups in total. The van der Waals surface area contributed by atoms with Crippen molar-refractivity contribution < 1.29 is 4.79 Å². The SMILES string of the molecule is Cc1nn(CC(=O)NCC2Cc3nnc(C)n3C2)c(=O)c2ccccc12. The van der Waals surface area contributed by atoms with Gasteiger partial charge in [0, 0.05) is 30.8 Å². The van der Waals surface area contributed by atoms with Gasteiger partial charge >= 0.3 is 0 Å². The highest BCUT2D eigenvalue weighted by atomic mass is 16.2. The van der Waals surface area contributed by atoms with Crippen molar-refractivity contribution in [3.63, 3.8) is 0 Å². The van der Waals surface area contributed by atoms with E-state index in [1.54, 1.807) is 6.07 Å². The number of rotatable bonds is 4. The Morgan fingerprint density at radius 1 is 1.23 bits per heavy atom. The molecule has 8 nitrogen and oxygen atoms in total. The fraction of sp³-hybridized carbons (Fsp3) is 0.389. The number of benzene rings is 1. The van der Waals surface area contributed by atoms with Crippen molar-refractivity contribution in [1.29, 1.82) is 0 Å². The summed E-state index contributed by atoms with van der Waals surface area (Å²) in [5.74, 6) is 1.95. The van der Waals surface area contributed by atoms with Crippen LogP contribution in [-0.2, 0) is 24.3 Å². The standard InChI is InChI=1S/C18H20N6O2/c1-11-14-5-3-4-6-15(14)18(26)24(22-11)10-17(25)19-8-13-7-16-21-20-12(2)23(16)9-13/h3-6,13H,7-10H2,1-2H3,(H,19,25). The molecule has 4 rings (SSSR count). The first-order valence-electron chi connectivity index (χ1n) is 8.65. The first-order chi connectivity index (χ1) is 12.5. The van der Waals surface area contributed by atoms with Gasteiger partial charge in [-0.25, -0.2) is 4.68 Å². The van der Waals surface area contributed by atoms with Gasteiger partial charge in [0.15, 0.2) is 0 Å². The van der Waals surface area contributed by atoms with Crippen molar-refractivity contribution in [2.24, 2.45) is 5.92 Å². The van der Waals surface area contributed by atoms with Crippen molar-refractivity contribution in [2.45, 2.75) is 33.4 Å². The minimum atomic E-state index is -0.246. The number of hydrogen-bond donors (Lipinski definition) is 1. The zero-order valence-corrected chi connectivity index (χ0v) is 14.8. The molecule has 3 aromatic rings. The van der Waals surface area contributed by atoms with Crippen LogP contribution in [0.15, 0.2) is 29.1 Å². The third-order valence-corrected chi connectivity index (χ3v) is 4.86. The molecule has 0 spiro atoms. The van der Waals surface area contributed by atoms with Crippen LogP contribution < -0.4 is 10.9 Å². The Balaban J connectivity index is 1.42. The number of carbonyl (C=O) groups is 1. The first kappa shape index (κ1) is 16.4. The Bertz CT molecular complexity index is 1050. The molecule has 8 heteroatoms. The average Bonchev–Trinajstić information content (AvgIpc) is 3.19. The second-order valence-corrected chi connectivity index (χ2v) is 6.74. The van der Waals surface area contributed by atoms with E-state index in [0.29, 0.717) is 17.8 Å². The Hall–Kier alpha value is -3.03. The lowest BCUT2D eigenvalue weighted by Crippen LogP contribution is -2.36. The van der Waals surface area contributed by atoms with Crippen molar-refractivity contribution in [3.05, 3.63) is 52.0 Å². The molecule has 1 unspecified atom stereocenters. The number of aromatic nitrogens is 5. The summed E-state index contributed by atoms with van der Waals surface area (Å²) in [6, 6.07) is 7.31. The average molecular weight is 352 g/mol. The van der Waals surface area contributed by atoms with Crippen LogP contribution in [0.25, 0.3) is 10.8 Å². The topological polar surface area (TPSA) is 94.7 Å². The third-order valence-electron chi connectivity index (χ3n) is 4.86. The Morgan fingerprint density at radius 2 is 2.00 bits per heavy atom. The molecule has 1 atom stereocenters. The summed E-state index contributed by atoms with van der Waals surface area (Å²) in [7, 11) is 0. The lowest BCUT2D eigenvalue weighted by molar-refractivity contribution is -0.122. The lowest BCUT2D eigenvalue weighted by Gasteiger charge is -2.12. The number of fused-ring (bicyclic) bond motifs is 2. The number of nitrogens with one attached hydrogen (secondary N) is 1. The van der Waals surface area contributed by atoms with Gasteiger partial charge in [-0.1, -0.05) is 18.2 Å². The van der Waals surface area contributed by atoms with Gasteiger partial charge in [0.1, 0.15) is 18.2 Å². The molecule has 2 aromatic heterocycles. The number of hydrogen-bond acceptors (Lipinski definition) is 5. The number of aryl methyl sites for hydroxylation is 2. The van der Waals surface area contributed by atoms with E-state index in [-0.39, 0.29) is 18.0 Å². The molecule has 1 amide bonds. The van der Waals surface area contributed by atoms with E-state index >= 15 is 0 Å². The summed E-state index contributed by atoms with van der Waals surface area (Å²) < 4.78 is 3.32. The number of amides is 1. The third kappa shape index (κ3) is 2.87. The summed E-state index contributed by atoms with van der Waals surface area (Å²) in [5, 5.41) is 16.8. The molecule has 1 aliphatic rings. The molecule has 26 heavy (non-hydrogen) atoms. The largest absolute Gasteiger partial charge is 0.354 e. The molecular formula is C18H20N6O2. The lowest BCUT2D eigenvalue weighted by atomic mass is 10.1. The van der Waals surface area contributed by atoms with Crippen molar-refractivity contribution in [2.75, 3.05) is 6.54 Å². The van der Waals surface area contributed by atoms with Gasteiger partial charge < -0.3 is 9.88 Å². The van der Waals surface area contributed by atoms with Gasteiger partial charge in [0.25, 0.3) is 5.56 Å². The second-order valence-electron chi connectivity index (χ2n) is 6.74. The second kappa shape index (κ2) is 6.36. The highest BCUT2D eigenvalue weighted by Crippen LogP contribution is 2.19. The molecule has 0 saturated carbocycles. The minimum absolute atomic E-state index is 0.0810. The van der Waals surface area contributed by atoms with Crippen LogP contribution in [0.3, 0.4) is 0 Å². The van der Waals surface area contributed by atoms with E-state index < -0.39 is 0 Å². The number of nitrogens with zero attached hydrogens (tertiary/aromatic N) is 5. The van der Waals surface area contributed by atoms with Gasteiger partial charge in [-0.15, -0.1) is 10.2 Å². The highest BCUT2D eigenvalue weighted by Gasteiger charge is 2.25. The Morgan fingerprint density at radius 3 is 2.77 bits per heavy atom. The predicted molar refractivity (Wildman–Crippen MR) is 95.7 cm³/mol.